The Bertz CT molecular complexity index is 691. The molecule has 6 heteroatoms. The van der Waals surface area contributed by atoms with Crippen LogP contribution in [0.2, 0.25) is 0 Å². The maximum absolute atomic E-state index is 5.60. The molecule has 19 heavy (non-hydrogen) atoms. The van der Waals surface area contributed by atoms with Gasteiger partial charge in [0.15, 0.2) is 0 Å². The van der Waals surface area contributed by atoms with E-state index >= 15 is 0 Å². The highest BCUT2D eigenvalue weighted by Crippen LogP contribution is 2.29. The minimum atomic E-state index is 0.487. The van der Waals surface area contributed by atoms with Crippen LogP contribution in [0.15, 0.2) is 24.3 Å². The molecule has 2 heterocycles. The summed E-state index contributed by atoms with van der Waals surface area (Å²) < 4.78 is 0. The van der Waals surface area contributed by atoms with Crippen LogP contribution in [0.1, 0.15) is 11.4 Å². The van der Waals surface area contributed by atoms with Crippen LogP contribution in [0, 0.1) is 13.8 Å². The fourth-order valence-electron chi connectivity index (χ4n) is 2.11. The average Bonchev–Trinajstić information content (AvgIpc) is 2.97. The van der Waals surface area contributed by atoms with E-state index in [0.29, 0.717) is 5.13 Å². The first-order valence-corrected chi connectivity index (χ1v) is 6.68. The Labute approximate surface area is 114 Å². The number of H-pyrrole nitrogens is 1. The lowest BCUT2D eigenvalue weighted by Crippen LogP contribution is -1.83. The van der Waals surface area contributed by atoms with E-state index in [2.05, 4.69) is 32.5 Å². The van der Waals surface area contributed by atoms with Crippen LogP contribution in [0.3, 0.4) is 0 Å². The van der Waals surface area contributed by atoms with Crippen molar-refractivity contribution in [3.63, 3.8) is 0 Å². The lowest BCUT2D eigenvalue weighted by Gasteiger charge is -2.02. The minimum Gasteiger partial charge on any atom is -0.374 e. The molecule has 0 saturated carbocycles. The smallest absolute Gasteiger partial charge is 0.203 e. The van der Waals surface area contributed by atoms with Crippen molar-refractivity contribution in [2.24, 2.45) is 0 Å². The molecule has 0 bridgehead atoms. The number of aromatic amines is 1. The van der Waals surface area contributed by atoms with Gasteiger partial charge in [-0.25, -0.2) is 0 Å². The van der Waals surface area contributed by atoms with E-state index in [9.17, 15) is 0 Å². The van der Waals surface area contributed by atoms with Gasteiger partial charge in [-0.2, -0.15) is 5.10 Å². The number of aromatic nitrogens is 4. The third kappa shape index (κ3) is 2.10. The Morgan fingerprint density at radius 3 is 2.26 bits per heavy atom. The first-order chi connectivity index (χ1) is 9.15. The molecule has 0 amide bonds. The predicted molar refractivity (Wildman–Crippen MR) is 76.8 cm³/mol. The zero-order valence-corrected chi connectivity index (χ0v) is 11.5. The summed E-state index contributed by atoms with van der Waals surface area (Å²) in [5.41, 5.74) is 11.0. The highest BCUT2D eigenvalue weighted by molar-refractivity contribution is 7.18. The van der Waals surface area contributed by atoms with Crippen molar-refractivity contribution in [3.8, 4) is 21.7 Å². The van der Waals surface area contributed by atoms with E-state index < -0.39 is 0 Å². The van der Waals surface area contributed by atoms with E-state index in [-0.39, 0.29) is 0 Å². The Hall–Kier alpha value is -2.21. The lowest BCUT2D eigenvalue weighted by molar-refractivity contribution is 1.02. The fourth-order valence-corrected chi connectivity index (χ4v) is 2.72. The highest BCUT2D eigenvalue weighted by atomic mass is 32.1. The standard InChI is InChI=1S/C13H13N5S/c1-7-11(8(2)16-15-7)9-3-5-10(6-4-9)12-17-18-13(14)19-12/h3-6H,1-2H3,(H2,14,18)(H,15,16). The molecule has 0 aliphatic heterocycles. The number of hydrogen-bond donors (Lipinski definition) is 2. The summed E-state index contributed by atoms with van der Waals surface area (Å²) in [5, 5.41) is 16.4. The van der Waals surface area contributed by atoms with Gasteiger partial charge < -0.3 is 5.73 Å². The van der Waals surface area contributed by atoms with Crippen molar-refractivity contribution in [2.45, 2.75) is 13.8 Å². The first-order valence-electron chi connectivity index (χ1n) is 5.86. The summed E-state index contributed by atoms with van der Waals surface area (Å²) in [7, 11) is 0. The van der Waals surface area contributed by atoms with Crippen molar-refractivity contribution in [3.05, 3.63) is 35.7 Å². The summed E-state index contributed by atoms with van der Waals surface area (Å²) in [6, 6.07) is 8.19. The van der Waals surface area contributed by atoms with Gasteiger partial charge in [0.1, 0.15) is 5.01 Å². The van der Waals surface area contributed by atoms with Gasteiger partial charge in [-0.05, 0) is 19.4 Å². The van der Waals surface area contributed by atoms with E-state index in [1.54, 1.807) is 0 Å². The topological polar surface area (TPSA) is 80.5 Å². The maximum Gasteiger partial charge on any atom is 0.203 e. The van der Waals surface area contributed by atoms with Crippen molar-refractivity contribution >= 4 is 16.5 Å². The average molecular weight is 271 g/mol. The lowest BCUT2D eigenvalue weighted by atomic mass is 10.0. The first kappa shape index (κ1) is 11.9. The van der Waals surface area contributed by atoms with Crippen molar-refractivity contribution in [1.82, 2.24) is 20.4 Å². The molecule has 5 nitrogen and oxygen atoms in total. The summed E-state index contributed by atoms with van der Waals surface area (Å²) in [6.45, 7) is 4.02. The summed E-state index contributed by atoms with van der Waals surface area (Å²) in [5.74, 6) is 0. The maximum atomic E-state index is 5.60. The summed E-state index contributed by atoms with van der Waals surface area (Å²) in [4.78, 5) is 0. The van der Waals surface area contributed by atoms with E-state index in [1.807, 2.05) is 26.0 Å². The van der Waals surface area contributed by atoms with Gasteiger partial charge in [-0.3, -0.25) is 5.10 Å². The predicted octanol–water partition coefficient (Wildman–Crippen LogP) is 2.79. The molecule has 3 N–H and O–H groups in total. The largest absolute Gasteiger partial charge is 0.374 e. The minimum absolute atomic E-state index is 0.487. The number of hydrogen-bond acceptors (Lipinski definition) is 5. The number of nitrogen functional groups attached to an aromatic ring is 1. The molecule has 0 aliphatic rings. The Balaban J connectivity index is 2.00. The number of rotatable bonds is 2. The van der Waals surface area contributed by atoms with Crippen molar-refractivity contribution < 1.29 is 0 Å². The molecule has 0 aliphatic carbocycles. The third-order valence-corrected chi connectivity index (χ3v) is 3.79. The second-order valence-corrected chi connectivity index (χ2v) is 5.34. The van der Waals surface area contributed by atoms with Gasteiger partial charge in [-0.15, -0.1) is 10.2 Å². The Morgan fingerprint density at radius 1 is 1.05 bits per heavy atom. The highest BCUT2D eigenvalue weighted by Gasteiger charge is 2.10. The van der Waals surface area contributed by atoms with Gasteiger partial charge >= 0.3 is 0 Å². The van der Waals surface area contributed by atoms with E-state index in [4.69, 9.17) is 5.73 Å². The quantitative estimate of drug-likeness (QED) is 0.751. The van der Waals surface area contributed by atoms with Crippen LogP contribution in [0.5, 0.6) is 0 Å². The Morgan fingerprint density at radius 2 is 1.74 bits per heavy atom. The van der Waals surface area contributed by atoms with Crippen LogP contribution >= 0.6 is 11.3 Å². The molecule has 3 rings (SSSR count). The van der Waals surface area contributed by atoms with Gasteiger partial charge in [-0.1, -0.05) is 35.6 Å². The molecule has 0 fully saturated rings. The molecule has 1 aromatic carbocycles. The number of aryl methyl sites for hydroxylation is 2. The van der Waals surface area contributed by atoms with Crippen LogP contribution in [0.4, 0.5) is 5.13 Å². The molecule has 0 atom stereocenters. The third-order valence-electron chi connectivity index (χ3n) is 2.99. The number of anilines is 1. The molecular formula is C13H13N5S. The second-order valence-electron chi connectivity index (χ2n) is 4.33. The van der Waals surface area contributed by atoms with Crippen molar-refractivity contribution in [1.29, 1.82) is 0 Å². The molecule has 96 valence electrons. The SMILES string of the molecule is Cc1n[nH]c(C)c1-c1ccc(-c2nnc(N)s2)cc1. The molecular weight excluding hydrogens is 258 g/mol. The fraction of sp³-hybridized carbons (Fsp3) is 0.154. The van der Waals surface area contributed by atoms with Gasteiger partial charge in [0, 0.05) is 16.8 Å². The zero-order chi connectivity index (χ0) is 13.4. The number of nitrogens with two attached hydrogens (primary N) is 1. The molecule has 0 unspecified atom stereocenters. The van der Waals surface area contributed by atoms with Crippen LogP contribution in [-0.4, -0.2) is 20.4 Å². The summed E-state index contributed by atoms with van der Waals surface area (Å²) in [6.07, 6.45) is 0. The number of benzene rings is 1. The molecule has 0 radical (unpaired) electrons. The summed E-state index contributed by atoms with van der Waals surface area (Å²) >= 11 is 1.39. The van der Waals surface area contributed by atoms with Crippen LogP contribution in [-0.2, 0) is 0 Å². The van der Waals surface area contributed by atoms with Gasteiger partial charge in [0.05, 0.1) is 5.69 Å². The van der Waals surface area contributed by atoms with E-state index in [1.165, 1.54) is 11.3 Å². The molecule has 0 spiro atoms. The van der Waals surface area contributed by atoms with Crippen LogP contribution in [0.25, 0.3) is 21.7 Å². The van der Waals surface area contributed by atoms with Crippen molar-refractivity contribution in [2.75, 3.05) is 5.73 Å². The zero-order valence-electron chi connectivity index (χ0n) is 10.6. The normalized spacial score (nSPS) is 10.8. The van der Waals surface area contributed by atoms with Crippen LogP contribution < -0.4 is 5.73 Å². The molecule has 0 saturated heterocycles. The van der Waals surface area contributed by atoms with E-state index in [0.717, 1.165) is 33.1 Å². The molecule has 2 aromatic heterocycles. The monoisotopic (exact) mass is 271 g/mol. The number of nitrogens with one attached hydrogen (secondary N) is 1. The Kier molecular flexibility index (Phi) is 2.79. The number of nitrogens with zero attached hydrogens (tertiary/aromatic N) is 3. The van der Waals surface area contributed by atoms with Gasteiger partial charge in [0.2, 0.25) is 5.13 Å². The van der Waals surface area contributed by atoms with Gasteiger partial charge in [0.25, 0.3) is 0 Å². The molecule has 3 aromatic rings. The second kappa shape index (κ2) is 4.47.